The molecule has 2 unspecified atom stereocenters. The molecule has 3 rings (SSSR count). The van der Waals surface area contributed by atoms with Crippen LogP contribution in [-0.4, -0.2) is 35.6 Å². The van der Waals surface area contributed by atoms with Crippen molar-refractivity contribution < 1.29 is 4.74 Å². The first kappa shape index (κ1) is 16.9. The van der Waals surface area contributed by atoms with Crippen LogP contribution in [-0.2, 0) is 6.42 Å². The molecule has 0 aliphatic carbocycles. The highest BCUT2D eigenvalue weighted by Gasteiger charge is 2.22. The standard InChI is InChI=1S/C20H27N3O/c1-3-4-7-18(13-21)24-17-8-9-20-19(12-17)15(14-22-20)11-16-6-5-10-23(16)2/h8-9,12,14,16,18,22H,3-7,10-11H2,1-2H3. The summed E-state index contributed by atoms with van der Waals surface area (Å²) in [6.07, 6.45) is 8.29. The molecule has 1 N–H and O–H groups in total. The van der Waals surface area contributed by atoms with Crippen molar-refractivity contribution in [2.75, 3.05) is 13.6 Å². The fraction of sp³-hybridized carbons (Fsp3) is 0.550. The molecule has 0 bridgehead atoms. The number of hydrogen-bond acceptors (Lipinski definition) is 3. The van der Waals surface area contributed by atoms with Crippen LogP contribution in [0.5, 0.6) is 5.75 Å². The first-order chi connectivity index (χ1) is 11.7. The van der Waals surface area contributed by atoms with Crippen molar-refractivity contribution in [1.82, 2.24) is 9.88 Å². The topological polar surface area (TPSA) is 52.0 Å². The minimum atomic E-state index is -0.356. The number of likely N-dealkylation sites (tertiary alicyclic amines) is 1. The molecule has 1 aromatic heterocycles. The number of ether oxygens (including phenoxy) is 1. The van der Waals surface area contributed by atoms with Gasteiger partial charge in [-0.1, -0.05) is 13.3 Å². The van der Waals surface area contributed by atoms with Gasteiger partial charge in [0.05, 0.1) is 0 Å². The molecule has 0 saturated carbocycles. The molecule has 1 aliphatic heterocycles. The van der Waals surface area contributed by atoms with E-state index in [0.29, 0.717) is 6.04 Å². The fourth-order valence-electron chi connectivity index (χ4n) is 3.59. The minimum Gasteiger partial charge on any atom is -0.476 e. The number of aromatic nitrogens is 1. The summed E-state index contributed by atoms with van der Waals surface area (Å²) in [5.41, 5.74) is 2.48. The molecule has 4 nitrogen and oxygen atoms in total. The first-order valence-electron chi connectivity index (χ1n) is 9.07. The number of H-pyrrole nitrogens is 1. The maximum absolute atomic E-state index is 9.27. The lowest BCUT2D eigenvalue weighted by Gasteiger charge is -2.19. The van der Waals surface area contributed by atoms with Gasteiger partial charge in [0.2, 0.25) is 0 Å². The summed E-state index contributed by atoms with van der Waals surface area (Å²) >= 11 is 0. The van der Waals surface area contributed by atoms with E-state index >= 15 is 0 Å². The highest BCUT2D eigenvalue weighted by molar-refractivity contribution is 5.84. The average Bonchev–Trinajstić information content (AvgIpc) is 3.18. The molecule has 1 fully saturated rings. The van der Waals surface area contributed by atoms with Crippen LogP contribution in [0.2, 0.25) is 0 Å². The number of rotatable bonds is 7. The molecule has 0 radical (unpaired) electrons. The van der Waals surface area contributed by atoms with Gasteiger partial charge in [-0.2, -0.15) is 5.26 Å². The normalized spacial score (nSPS) is 19.5. The molecule has 128 valence electrons. The third-order valence-corrected chi connectivity index (χ3v) is 5.11. The zero-order chi connectivity index (χ0) is 16.9. The number of nitrogens with one attached hydrogen (secondary N) is 1. The number of hydrogen-bond donors (Lipinski definition) is 1. The van der Waals surface area contributed by atoms with E-state index < -0.39 is 0 Å². The van der Waals surface area contributed by atoms with Gasteiger partial charge in [0.15, 0.2) is 6.10 Å². The Hall–Kier alpha value is -1.99. The molecule has 2 atom stereocenters. The van der Waals surface area contributed by atoms with Gasteiger partial charge in [-0.05, 0) is 69.5 Å². The van der Waals surface area contributed by atoms with E-state index in [0.717, 1.165) is 36.9 Å². The second-order valence-electron chi connectivity index (χ2n) is 6.88. The zero-order valence-electron chi connectivity index (χ0n) is 14.7. The van der Waals surface area contributed by atoms with E-state index in [-0.39, 0.29) is 6.10 Å². The smallest absolute Gasteiger partial charge is 0.184 e. The number of benzene rings is 1. The highest BCUT2D eigenvalue weighted by atomic mass is 16.5. The van der Waals surface area contributed by atoms with Gasteiger partial charge >= 0.3 is 0 Å². The summed E-state index contributed by atoms with van der Waals surface area (Å²) in [7, 11) is 2.21. The Morgan fingerprint density at radius 2 is 2.33 bits per heavy atom. The van der Waals surface area contributed by atoms with Gasteiger partial charge in [-0.25, -0.2) is 0 Å². The van der Waals surface area contributed by atoms with Crippen molar-refractivity contribution in [1.29, 1.82) is 5.26 Å². The van der Waals surface area contributed by atoms with E-state index in [2.05, 4.69) is 48.3 Å². The quantitative estimate of drug-likeness (QED) is 0.827. The monoisotopic (exact) mass is 325 g/mol. The van der Waals surface area contributed by atoms with Crippen LogP contribution in [0, 0.1) is 11.3 Å². The number of aromatic amines is 1. The van der Waals surface area contributed by atoms with Crippen molar-refractivity contribution in [3.63, 3.8) is 0 Å². The van der Waals surface area contributed by atoms with Crippen LogP contribution in [0.25, 0.3) is 10.9 Å². The van der Waals surface area contributed by atoms with Gasteiger partial charge < -0.3 is 14.6 Å². The lowest BCUT2D eigenvalue weighted by Crippen LogP contribution is -2.26. The predicted octanol–water partition coefficient (Wildman–Crippen LogP) is 4.27. The molecular formula is C20H27N3O. The maximum atomic E-state index is 9.27. The largest absolute Gasteiger partial charge is 0.476 e. The lowest BCUT2D eigenvalue weighted by molar-refractivity contribution is 0.241. The molecule has 1 aromatic carbocycles. The van der Waals surface area contributed by atoms with Gasteiger partial charge in [0.1, 0.15) is 11.8 Å². The zero-order valence-corrected chi connectivity index (χ0v) is 14.7. The van der Waals surface area contributed by atoms with Crippen molar-refractivity contribution in [3.8, 4) is 11.8 Å². The number of fused-ring (bicyclic) bond motifs is 1. The van der Waals surface area contributed by atoms with Crippen LogP contribution >= 0.6 is 0 Å². The minimum absolute atomic E-state index is 0.356. The summed E-state index contributed by atoms with van der Waals surface area (Å²) in [5, 5.41) is 10.5. The second kappa shape index (κ2) is 7.72. The predicted molar refractivity (Wildman–Crippen MR) is 97.2 cm³/mol. The molecular weight excluding hydrogens is 298 g/mol. The Labute approximate surface area is 144 Å². The van der Waals surface area contributed by atoms with Crippen LogP contribution in [0.1, 0.15) is 44.6 Å². The van der Waals surface area contributed by atoms with Crippen molar-refractivity contribution in [2.45, 2.75) is 57.6 Å². The molecule has 24 heavy (non-hydrogen) atoms. The average molecular weight is 325 g/mol. The molecule has 0 spiro atoms. The number of likely N-dealkylation sites (N-methyl/N-ethyl adjacent to an activating group) is 1. The van der Waals surface area contributed by atoms with E-state index in [4.69, 9.17) is 4.74 Å². The summed E-state index contributed by atoms with van der Waals surface area (Å²) in [6.45, 7) is 3.33. The molecule has 1 aliphatic rings. The molecule has 1 saturated heterocycles. The third-order valence-electron chi connectivity index (χ3n) is 5.11. The second-order valence-corrected chi connectivity index (χ2v) is 6.88. The molecule has 4 heteroatoms. The van der Waals surface area contributed by atoms with Crippen LogP contribution in [0.4, 0.5) is 0 Å². The van der Waals surface area contributed by atoms with E-state index in [9.17, 15) is 5.26 Å². The summed E-state index contributed by atoms with van der Waals surface area (Å²) < 4.78 is 5.90. The van der Waals surface area contributed by atoms with Crippen LogP contribution in [0.15, 0.2) is 24.4 Å². The lowest BCUT2D eigenvalue weighted by atomic mass is 10.0. The third kappa shape index (κ3) is 3.73. The number of unbranched alkanes of at least 4 members (excludes halogenated alkanes) is 1. The van der Waals surface area contributed by atoms with Crippen molar-refractivity contribution >= 4 is 10.9 Å². The van der Waals surface area contributed by atoms with E-state index in [1.54, 1.807) is 0 Å². The molecule has 2 heterocycles. The van der Waals surface area contributed by atoms with E-state index in [1.807, 2.05) is 6.07 Å². The van der Waals surface area contributed by atoms with Gasteiger partial charge in [-0.15, -0.1) is 0 Å². The van der Waals surface area contributed by atoms with Gasteiger partial charge in [0.25, 0.3) is 0 Å². The van der Waals surface area contributed by atoms with Crippen LogP contribution < -0.4 is 4.74 Å². The Morgan fingerprint density at radius 3 is 3.04 bits per heavy atom. The van der Waals surface area contributed by atoms with E-state index in [1.165, 1.54) is 30.3 Å². The Bertz CT molecular complexity index is 715. The SMILES string of the molecule is CCCCC(C#N)Oc1ccc2[nH]cc(CC3CCCN3C)c2c1. The molecule has 0 amide bonds. The van der Waals surface area contributed by atoms with Crippen molar-refractivity contribution in [3.05, 3.63) is 30.0 Å². The van der Waals surface area contributed by atoms with Crippen LogP contribution in [0.3, 0.4) is 0 Å². The fourth-order valence-corrected chi connectivity index (χ4v) is 3.59. The number of nitrogens with zero attached hydrogens (tertiary/aromatic N) is 2. The van der Waals surface area contributed by atoms with Crippen molar-refractivity contribution in [2.24, 2.45) is 0 Å². The summed E-state index contributed by atoms with van der Waals surface area (Å²) in [5.74, 6) is 0.797. The first-order valence-corrected chi connectivity index (χ1v) is 9.07. The van der Waals surface area contributed by atoms with Gasteiger partial charge in [-0.3, -0.25) is 0 Å². The summed E-state index contributed by atoms with van der Waals surface area (Å²) in [6, 6.07) is 9.00. The number of nitriles is 1. The summed E-state index contributed by atoms with van der Waals surface area (Å²) in [4.78, 5) is 5.82. The van der Waals surface area contributed by atoms with Gasteiger partial charge in [0, 0.05) is 23.1 Å². The maximum Gasteiger partial charge on any atom is 0.184 e. The Balaban J connectivity index is 1.76. The highest BCUT2D eigenvalue weighted by Crippen LogP contribution is 2.28. The Kier molecular flexibility index (Phi) is 5.42. The Morgan fingerprint density at radius 1 is 1.46 bits per heavy atom. The molecule has 2 aromatic rings.